The van der Waals surface area contributed by atoms with Gasteiger partial charge in [0.2, 0.25) is 10.0 Å². The fraction of sp³-hybridized carbons (Fsp3) is 0.360. The van der Waals surface area contributed by atoms with Crippen LogP contribution in [0.5, 0.6) is 0 Å². The number of carbonyl (C=O) groups excluding carboxylic acids is 1. The number of halogens is 1. The van der Waals surface area contributed by atoms with E-state index in [-0.39, 0.29) is 15.5 Å². The number of sulfonamides is 1. The van der Waals surface area contributed by atoms with Crippen molar-refractivity contribution in [1.29, 1.82) is 0 Å². The molecule has 0 bridgehead atoms. The second-order valence-electron chi connectivity index (χ2n) is 9.04. The minimum absolute atomic E-state index is 0.0210. The molecule has 0 aliphatic carbocycles. The number of thiazole rings is 1. The number of quaternary nitrogens is 1. The molecule has 10 heteroatoms. The number of amides is 1. The Hall–Kier alpha value is -2.30. The highest BCUT2D eigenvalue weighted by atomic mass is 35.5. The summed E-state index contributed by atoms with van der Waals surface area (Å²) in [6.45, 7) is 3.77. The molecular formula is C25H28ClN4O3S2+. The van der Waals surface area contributed by atoms with Gasteiger partial charge in [-0.2, -0.15) is 4.31 Å². The van der Waals surface area contributed by atoms with Crippen molar-refractivity contribution in [1.82, 2.24) is 9.29 Å². The van der Waals surface area contributed by atoms with Crippen LogP contribution < -0.4 is 10.2 Å². The summed E-state index contributed by atoms with van der Waals surface area (Å²) in [7, 11) is -3.75. The van der Waals surface area contributed by atoms with Crippen molar-refractivity contribution in [3.05, 3.63) is 75.3 Å². The first-order chi connectivity index (χ1) is 16.9. The first kappa shape index (κ1) is 24.4. The number of aromatic nitrogens is 1. The first-order valence-corrected chi connectivity index (χ1v) is 14.5. The Balaban J connectivity index is 1.29. The summed E-state index contributed by atoms with van der Waals surface area (Å²) in [5.41, 5.74) is 2.59. The highest BCUT2D eigenvalue weighted by Crippen LogP contribution is 2.29. The molecule has 7 nitrogen and oxygen atoms in total. The molecule has 1 aromatic heterocycles. The number of nitrogens with one attached hydrogen (secondary N) is 2. The van der Waals surface area contributed by atoms with E-state index in [0.29, 0.717) is 18.2 Å². The number of fused-ring (bicyclic) bond motifs is 1. The average molecular weight is 532 g/mol. The van der Waals surface area contributed by atoms with Crippen LogP contribution in [0.1, 0.15) is 45.8 Å². The maximum atomic E-state index is 13.1. The Morgan fingerprint density at radius 3 is 2.66 bits per heavy atom. The van der Waals surface area contributed by atoms with Crippen molar-refractivity contribution in [3.8, 4) is 0 Å². The molecule has 1 saturated heterocycles. The summed E-state index contributed by atoms with van der Waals surface area (Å²) in [6, 6.07) is 14.8. The van der Waals surface area contributed by atoms with E-state index in [1.807, 2.05) is 6.07 Å². The van der Waals surface area contributed by atoms with Crippen LogP contribution in [0.4, 0.5) is 5.13 Å². The van der Waals surface area contributed by atoms with Crippen molar-refractivity contribution in [2.45, 2.75) is 43.7 Å². The Labute approximate surface area is 214 Å². The average Bonchev–Trinajstić information content (AvgIpc) is 3.27. The molecule has 1 amide bonds. The second-order valence-corrected chi connectivity index (χ2v) is 12.4. The molecule has 2 aliphatic rings. The van der Waals surface area contributed by atoms with E-state index < -0.39 is 15.9 Å². The summed E-state index contributed by atoms with van der Waals surface area (Å²) in [4.78, 5) is 20.3. The van der Waals surface area contributed by atoms with Crippen LogP contribution >= 0.6 is 22.9 Å². The molecule has 2 aromatic carbocycles. The quantitative estimate of drug-likeness (QED) is 0.511. The number of anilines is 1. The van der Waals surface area contributed by atoms with E-state index in [4.69, 9.17) is 11.6 Å². The minimum atomic E-state index is -3.75. The molecule has 3 heterocycles. The second kappa shape index (κ2) is 10.4. The highest BCUT2D eigenvalue weighted by molar-refractivity contribution is 7.89. The fourth-order valence-electron chi connectivity index (χ4n) is 4.67. The summed E-state index contributed by atoms with van der Waals surface area (Å²) < 4.78 is 27.7. The molecule has 0 saturated carbocycles. The number of rotatable bonds is 6. The van der Waals surface area contributed by atoms with Gasteiger partial charge in [-0.15, -0.1) is 0 Å². The van der Waals surface area contributed by atoms with Gasteiger partial charge >= 0.3 is 0 Å². The number of hydrogen-bond donors (Lipinski definition) is 2. The molecule has 2 aliphatic heterocycles. The van der Waals surface area contributed by atoms with E-state index in [9.17, 15) is 13.2 Å². The number of hydrogen-bond acceptors (Lipinski definition) is 5. The molecule has 1 unspecified atom stereocenters. The van der Waals surface area contributed by atoms with E-state index in [1.165, 1.54) is 43.1 Å². The third-order valence-electron chi connectivity index (χ3n) is 6.55. The lowest BCUT2D eigenvalue weighted by Crippen LogP contribution is -3.10. The molecular weight excluding hydrogens is 504 g/mol. The van der Waals surface area contributed by atoms with Crippen molar-refractivity contribution < 1.29 is 18.1 Å². The predicted octanol–water partition coefficient (Wildman–Crippen LogP) is 3.36. The van der Waals surface area contributed by atoms with Crippen LogP contribution in [0.2, 0.25) is 5.02 Å². The Morgan fingerprint density at radius 2 is 1.89 bits per heavy atom. The summed E-state index contributed by atoms with van der Waals surface area (Å²) in [6.07, 6.45) is 3.54. The standard InChI is InChI=1S/C25H27ClN4O3S2/c26-20-10-9-19(15-23(20)35(32,33)30-12-5-2-6-13-30)24(31)28-25-27-21-11-14-29(17-22(21)34-25)16-18-7-3-1-4-8-18/h1,3-4,7-10,15H,2,5-6,11-14,16-17H2,(H,27,28,31)/p+1. The van der Waals surface area contributed by atoms with Crippen LogP contribution in [-0.4, -0.2) is 43.2 Å². The van der Waals surface area contributed by atoms with Gasteiger partial charge in [-0.3, -0.25) is 10.1 Å². The van der Waals surface area contributed by atoms with Gasteiger partial charge in [0.1, 0.15) is 18.0 Å². The zero-order valence-electron chi connectivity index (χ0n) is 19.3. The first-order valence-electron chi connectivity index (χ1n) is 11.9. The molecule has 184 valence electrons. The zero-order valence-corrected chi connectivity index (χ0v) is 21.7. The van der Waals surface area contributed by atoms with Crippen molar-refractivity contribution in [2.75, 3.05) is 25.0 Å². The Morgan fingerprint density at radius 1 is 1.11 bits per heavy atom. The molecule has 1 fully saturated rings. The Bertz CT molecular complexity index is 1320. The van der Waals surface area contributed by atoms with Crippen LogP contribution in [0.15, 0.2) is 53.4 Å². The van der Waals surface area contributed by atoms with Crippen LogP contribution in [-0.2, 0) is 29.5 Å². The van der Waals surface area contributed by atoms with Gasteiger partial charge in [0.25, 0.3) is 5.91 Å². The van der Waals surface area contributed by atoms with E-state index in [1.54, 1.807) is 6.07 Å². The van der Waals surface area contributed by atoms with E-state index in [0.717, 1.165) is 51.0 Å². The number of nitrogens with zero attached hydrogens (tertiary/aromatic N) is 2. The topological polar surface area (TPSA) is 83.8 Å². The summed E-state index contributed by atoms with van der Waals surface area (Å²) >= 11 is 7.75. The molecule has 2 N–H and O–H groups in total. The van der Waals surface area contributed by atoms with Crippen LogP contribution in [0.25, 0.3) is 0 Å². The predicted molar refractivity (Wildman–Crippen MR) is 138 cm³/mol. The van der Waals surface area contributed by atoms with Crippen molar-refractivity contribution >= 4 is 44.0 Å². The van der Waals surface area contributed by atoms with Gasteiger partial charge < -0.3 is 4.90 Å². The lowest BCUT2D eigenvalue weighted by molar-refractivity contribution is -0.929. The molecule has 0 spiro atoms. The molecule has 1 atom stereocenters. The van der Waals surface area contributed by atoms with Gasteiger partial charge in [-0.1, -0.05) is 59.7 Å². The van der Waals surface area contributed by atoms with Gasteiger partial charge in [0, 0.05) is 30.6 Å². The SMILES string of the molecule is O=C(Nc1nc2c(s1)C[NH+](Cc1ccccc1)CC2)c1ccc(Cl)c(S(=O)(=O)N2CCCCC2)c1. The zero-order chi connectivity index (χ0) is 24.4. The summed E-state index contributed by atoms with van der Waals surface area (Å²) in [5.74, 6) is -0.392. The van der Waals surface area contributed by atoms with Gasteiger partial charge in [0.15, 0.2) is 5.13 Å². The van der Waals surface area contributed by atoms with Crippen molar-refractivity contribution in [3.63, 3.8) is 0 Å². The summed E-state index contributed by atoms with van der Waals surface area (Å²) in [5, 5.41) is 3.53. The maximum Gasteiger partial charge on any atom is 0.257 e. The van der Waals surface area contributed by atoms with Gasteiger partial charge in [0.05, 0.1) is 22.1 Å². The van der Waals surface area contributed by atoms with Gasteiger partial charge in [-0.05, 0) is 31.0 Å². The fourth-order valence-corrected chi connectivity index (χ4v) is 7.76. The van der Waals surface area contributed by atoms with Crippen LogP contribution in [0.3, 0.4) is 0 Å². The normalized spacial score (nSPS) is 18.7. The number of benzene rings is 2. The largest absolute Gasteiger partial charge is 0.326 e. The van der Waals surface area contributed by atoms with Crippen LogP contribution in [0, 0.1) is 0 Å². The Kier molecular flexibility index (Phi) is 7.22. The smallest absolute Gasteiger partial charge is 0.257 e. The molecule has 5 rings (SSSR count). The molecule has 0 radical (unpaired) electrons. The van der Waals surface area contributed by atoms with E-state index >= 15 is 0 Å². The van der Waals surface area contributed by atoms with E-state index in [2.05, 4.69) is 34.6 Å². The third-order valence-corrected chi connectivity index (χ3v) is 9.94. The number of piperidine rings is 1. The number of carbonyl (C=O) groups is 1. The third kappa shape index (κ3) is 5.44. The van der Waals surface area contributed by atoms with Crippen molar-refractivity contribution in [2.24, 2.45) is 0 Å². The monoisotopic (exact) mass is 531 g/mol. The minimum Gasteiger partial charge on any atom is -0.326 e. The highest BCUT2D eigenvalue weighted by Gasteiger charge is 2.29. The molecule has 35 heavy (non-hydrogen) atoms. The maximum absolute atomic E-state index is 13.1. The lowest BCUT2D eigenvalue weighted by Gasteiger charge is -2.26. The lowest BCUT2D eigenvalue weighted by atomic mass is 10.1. The molecule has 3 aromatic rings. The van der Waals surface area contributed by atoms with Gasteiger partial charge in [-0.25, -0.2) is 13.4 Å².